The second kappa shape index (κ2) is 6.10. The molecule has 112 valence electrons. The van der Waals surface area contributed by atoms with Gasteiger partial charge in [0, 0.05) is 25.4 Å². The SMILES string of the molecule is CCC1CCC(N(C)S(=O)(=O)c2ccc(=O)[nH]c2)CC1. The van der Waals surface area contributed by atoms with Gasteiger partial charge in [-0.1, -0.05) is 13.3 Å². The van der Waals surface area contributed by atoms with Crippen molar-refractivity contribution in [2.45, 2.75) is 50.0 Å². The zero-order chi connectivity index (χ0) is 14.8. The van der Waals surface area contributed by atoms with E-state index >= 15 is 0 Å². The van der Waals surface area contributed by atoms with Gasteiger partial charge in [-0.15, -0.1) is 0 Å². The third-order valence-electron chi connectivity index (χ3n) is 4.34. The standard InChI is InChI=1S/C14H22N2O3S/c1-3-11-4-6-12(7-5-11)16(2)20(18,19)13-8-9-14(17)15-10-13/h8-12H,3-7H2,1-2H3,(H,15,17). The van der Waals surface area contributed by atoms with Crippen LogP contribution >= 0.6 is 0 Å². The Kier molecular flexibility index (Phi) is 4.65. The highest BCUT2D eigenvalue weighted by Gasteiger charge is 2.31. The largest absolute Gasteiger partial charge is 0.328 e. The quantitative estimate of drug-likeness (QED) is 0.923. The van der Waals surface area contributed by atoms with E-state index in [9.17, 15) is 13.2 Å². The van der Waals surface area contributed by atoms with E-state index in [1.807, 2.05) is 0 Å². The fourth-order valence-electron chi connectivity index (χ4n) is 2.84. The smallest absolute Gasteiger partial charge is 0.247 e. The summed E-state index contributed by atoms with van der Waals surface area (Å²) >= 11 is 0. The molecule has 6 heteroatoms. The Morgan fingerprint density at radius 2 is 1.90 bits per heavy atom. The van der Waals surface area contributed by atoms with Crippen LogP contribution in [0.15, 0.2) is 28.0 Å². The summed E-state index contributed by atoms with van der Waals surface area (Å²) in [6.45, 7) is 2.19. The predicted octanol–water partition coefficient (Wildman–Crippen LogP) is 1.96. The second-order valence-corrected chi connectivity index (χ2v) is 7.49. The number of hydrogen-bond donors (Lipinski definition) is 1. The molecule has 5 nitrogen and oxygen atoms in total. The van der Waals surface area contributed by atoms with E-state index in [2.05, 4.69) is 11.9 Å². The summed E-state index contributed by atoms with van der Waals surface area (Å²) in [4.78, 5) is 13.6. The fourth-order valence-corrected chi connectivity index (χ4v) is 4.22. The molecule has 0 spiro atoms. The van der Waals surface area contributed by atoms with Crippen LogP contribution in [0.1, 0.15) is 39.0 Å². The van der Waals surface area contributed by atoms with Gasteiger partial charge in [0.1, 0.15) is 0 Å². The fraction of sp³-hybridized carbons (Fsp3) is 0.643. The summed E-state index contributed by atoms with van der Waals surface area (Å²) < 4.78 is 26.5. The molecule has 0 aromatic carbocycles. The Morgan fingerprint density at radius 1 is 1.25 bits per heavy atom. The molecule has 0 unspecified atom stereocenters. The third-order valence-corrected chi connectivity index (χ3v) is 6.25. The summed E-state index contributed by atoms with van der Waals surface area (Å²) in [7, 11) is -1.88. The highest BCUT2D eigenvalue weighted by Crippen LogP contribution is 2.31. The van der Waals surface area contributed by atoms with Crippen LogP contribution in [-0.4, -0.2) is 30.8 Å². The number of pyridine rings is 1. The molecule has 1 fully saturated rings. The van der Waals surface area contributed by atoms with E-state index in [1.165, 1.54) is 29.1 Å². The first kappa shape index (κ1) is 15.3. The monoisotopic (exact) mass is 298 g/mol. The number of aromatic nitrogens is 1. The second-order valence-electron chi connectivity index (χ2n) is 5.49. The molecule has 0 bridgehead atoms. The minimum atomic E-state index is -3.52. The lowest BCUT2D eigenvalue weighted by molar-refractivity contribution is 0.233. The Bertz CT molecular complexity index is 581. The molecule has 0 atom stereocenters. The molecular formula is C14H22N2O3S. The van der Waals surface area contributed by atoms with Gasteiger partial charge in [-0.2, -0.15) is 4.31 Å². The highest BCUT2D eigenvalue weighted by atomic mass is 32.2. The van der Waals surface area contributed by atoms with E-state index in [1.54, 1.807) is 7.05 Å². The van der Waals surface area contributed by atoms with Crippen LogP contribution in [0.25, 0.3) is 0 Å². The van der Waals surface area contributed by atoms with Crippen molar-refractivity contribution in [2.75, 3.05) is 7.05 Å². The van der Waals surface area contributed by atoms with E-state index in [0.717, 1.165) is 31.6 Å². The van der Waals surface area contributed by atoms with Crippen LogP contribution in [0, 0.1) is 5.92 Å². The molecule has 20 heavy (non-hydrogen) atoms. The highest BCUT2D eigenvalue weighted by molar-refractivity contribution is 7.89. The summed E-state index contributed by atoms with van der Waals surface area (Å²) in [6, 6.07) is 2.67. The average Bonchev–Trinajstić information content (AvgIpc) is 2.47. The molecule has 1 aromatic heterocycles. The number of nitrogens with one attached hydrogen (secondary N) is 1. The molecule has 1 N–H and O–H groups in total. The van der Waals surface area contributed by atoms with Crippen LogP contribution in [0.4, 0.5) is 0 Å². The molecule has 2 rings (SSSR count). The maximum absolute atomic E-state index is 12.5. The number of rotatable bonds is 4. The Hall–Kier alpha value is -1.14. The molecular weight excluding hydrogens is 276 g/mol. The number of nitrogens with zero attached hydrogens (tertiary/aromatic N) is 1. The zero-order valence-electron chi connectivity index (χ0n) is 12.0. The first-order valence-corrected chi connectivity index (χ1v) is 8.56. The molecule has 1 heterocycles. The van der Waals surface area contributed by atoms with Gasteiger partial charge in [-0.05, 0) is 37.7 Å². The Balaban J connectivity index is 2.13. The van der Waals surface area contributed by atoms with Gasteiger partial charge in [0.15, 0.2) is 0 Å². The molecule has 0 saturated heterocycles. The molecule has 1 aliphatic carbocycles. The van der Waals surface area contributed by atoms with E-state index in [0.29, 0.717) is 0 Å². The van der Waals surface area contributed by atoms with Gasteiger partial charge in [0.05, 0.1) is 4.90 Å². The van der Waals surface area contributed by atoms with E-state index in [4.69, 9.17) is 0 Å². The summed E-state index contributed by atoms with van der Waals surface area (Å²) in [5, 5.41) is 0. The number of sulfonamides is 1. The van der Waals surface area contributed by atoms with Crippen molar-refractivity contribution in [3.63, 3.8) is 0 Å². The van der Waals surface area contributed by atoms with Crippen molar-refractivity contribution in [3.05, 3.63) is 28.7 Å². The molecule has 0 radical (unpaired) electrons. The van der Waals surface area contributed by atoms with Gasteiger partial charge < -0.3 is 4.98 Å². The van der Waals surface area contributed by atoms with Gasteiger partial charge in [-0.25, -0.2) is 8.42 Å². The molecule has 0 aliphatic heterocycles. The van der Waals surface area contributed by atoms with Crippen molar-refractivity contribution in [1.29, 1.82) is 0 Å². The lowest BCUT2D eigenvalue weighted by Gasteiger charge is -2.33. The Labute approximate surface area is 120 Å². The lowest BCUT2D eigenvalue weighted by Crippen LogP contribution is -2.39. The summed E-state index contributed by atoms with van der Waals surface area (Å²) in [5.74, 6) is 0.732. The molecule has 1 aliphatic rings. The summed E-state index contributed by atoms with van der Waals surface area (Å²) in [6.07, 6.45) is 6.45. The number of aromatic amines is 1. The van der Waals surface area contributed by atoms with Crippen LogP contribution in [0.5, 0.6) is 0 Å². The normalized spacial score (nSPS) is 23.9. The lowest BCUT2D eigenvalue weighted by atomic mass is 9.85. The maximum atomic E-state index is 12.5. The number of H-pyrrole nitrogens is 1. The van der Waals surface area contributed by atoms with Gasteiger partial charge in [0.2, 0.25) is 15.6 Å². The van der Waals surface area contributed by atoms with Crippen molar-refractivity contribution in [1.82, 2.24) is 9.29 Å². The van der Waals surface area contributed by atoms with Crippen LogP contribution < -0.4 is 5.56 Å². The molecule has 1 saturated carbocycles. The zero-order valence-corrected chi connectivity index (χ0v) is 12.8. The molecule has 1 aromatic rings. The minimum absolute atomic E-state index is 0.0646. The first-order chi connectivity index (χ1) is 9.45. The van der Waals surface area contributed by atoms with E-state index < -0.39 is 10.0 Å². The van der Waals surface area contributed by atoms with Crippen LogP contribution in [-0.2, 0) is 10.0 Å². The average molecular weight is 298 g/mol. The minimum Gasteiger partial charge on any atom is -0.328 e. The number of hydrogen-bond acceptors (Lipinski definition) is 3. The Morgan fingerprint density at radius 3 is 2.40 bits per heavy atom. The predicted molar refractivity (Wildman–Crippen MR) is 78.0 cm³/mol. The van der Waals surface area contributed by atoms with Gasteiger partial charge in [-0.3, -0.25) is 4.79 Å². The van der Waals surface area contributed by atoms with Gasteiger partial charge in [0.25, 0.3) is 0 Å². The van der Waals surface area contributed by atoms with Crippen molar-refractivity contribution >= 4 is 10.0 Å². The van der Waals surface area contributed by atoms with Crippen molar-refractivity contribution < 1.29 is 8.42 Å². The van der Waals surface area contributed by atoms with E-state index in [-0.39, 0.29) is 16.5 Å². The van der Waals surface area contributed by atoms with Gasteiger partial charge >= 0.3 is 0 Å². The van der Waals surface area contributed by atoms with Crippen LogP contribution in [0.3, 0.4) is 0 Å². The van der Waals surface area contributed by atoms with Crippen LogP contribution in [0.2, 0.25) is 0 Å². The maximum Gasteiger partial charge on any atom is 0.247 e. The third kappa shape index (κ3) is 3.12. The first-order valence-electron chi connectivity index (χ1n) is 7.12. The topological polar surface area (TPSA) is 70.2 Å². The van der Waals surface area contributed by atoms with Crippen molar-refractivity contribution in [2.24, 2.45) is 5.92 Å². The van der Waals surface area contributed by atoms with Crippen molar-refractivity contribution in [3.8, 4) is 0 Å². The summed E-state index contributed by atoms with van der Waals surface area (Å²) in [5.41, 5.74) is -0.296. The molecule has 0 amide bonds.